The topological polar surface area (TPSA) is 40.6 Å². The molecular formula is C29H58N2O2. The third kappa shape index (κ3) is 14.1. The average molecular weight is 467 g/mol. The van der Waals surface area contributed by atoms with Gasteiger partial charge >= 0.3 is 0 Å². The van der Waals surface area contributed by atoms with Crippen molar-refractivity contribution in [3.05, 3.63) is 0 Å². The molecule has 4 heteroatoms. The van der Waals surface area contributed by atoms with Gasteiger partial charge in [-0.05, 0) is 39.5 Å². The molecule has 0 aromatic rings. The molecule has 0 aliphatic rings. The molecule has 0 aliphatic carbocycles. The Balaban J connectivity index is 5.25. The van der Waals surface area contributed by atoms with Crippen LogP contribution in [-0.2, 0) is 9.59 Å². The smallest absolute Gasteiger partial charge is 0.237 e. The second-order valence-electron chi connectivity index (χ2n) is 10.5. The predicted octanol–water partition coefficient (Wildman–Crippen LogP) is 7.99. The molecule has 0 unspecified atom stereocenters. The van der Waals surface area contributed by atoms with Crippen molar-refractivity contribution in [3.8, 4) is 0 Å². The molecule has 0 aliphatic heterocycles. The van der Waals surface area contributed by atoms with Crippen LogP contribution in [0.1, 0.15) is 144 Å². The summed E-state index contributed by atoms with van der Waals surface area (Å²) < 4.78 is 0. The zero-order valence-corrected chi connectivity index (χ0v) is 23.4. The van der Waals surface area contributed by atoms with E-state index in [2.05, 4.69) is 27.7 Å². The van der Waals surface area contributed by atoms with Gasteiger partial charge in [0.2, 0.25) is 11.8 Å². The number of carbonyl (C=O) groups excluding carboxylic acids is 2. The second-order valence-corrected chi connectivity index (χ2v) is 10.5. The normalized spacial score (nSPS) is 11.6. The van der Waals surface area contributed by atoms with Crippen LogP contribution < -0.4 is 0 Å². The minimum absolute atomic E-state index is 0.0348. The van der Waals surface area contributed by atoms with Crippen LogP contribution in [0.25, 0.3) is 0 Å². The first kappa shape index (κ1) is 31.9. The SMILES string of the molecule is CCCCCCN(CCCCCC)C(=O)C(C)(C)C(=O)N(CCCCCC)CCCCCC. The van der Waals surface area contributed by atoms with Gasteiger partial charge in [-0.25, -0.2) is 0 Å². The van der Waals surface area contributed by atoms with Crippen LogP contribution >= 0.6 is 0 Å². The largest absolute Gasteiger partial charge is 0.342 e. The van der Waals surface area contributed by atoms with Gasteiger partial charge in [-0.15, -0.1) is 0 Å². The van der Waals surface area contributed by atoms with Crippen molar-refractivity contribution in [2.24, 2.45) is 5.41 Å². The van der Waals surface area contributed by atoms with E-state index in [0.717, 1.165) is 77.5 Å². The Morgan fingerprint density at radius 3 is 0.909 bits per heavy atom. The summed E-state index contributed by atoms with van der Waals surface area (Å²) in [6.07, 6.45) is 18.4. The van der Waals surface area contributed by atoms with Crippen molar-refractivity contribution in [2.75, 3.05) is 26.2 Å². The summed E-state index contributed by atoms with van der Waals surface area (Å²) >= 11 is 0. The Kier molecular flexibility index (Phi) is 19.7. The van der Waals surface area contributed by atoms with E-state index in [1.807, 2.05) is 23.6 Å². The summed E-state index contributed by atoms with van der Waals surface area (Å²) in [4.78, 5) is 31.4. The molecule has 0 aromatic carbocycles. The maximum atomic E-state index is 13.7. The van der Waals surface area contributed by atoms with E-state index < -0.39 is 5.41 Å². The van der Waals surface area contributed by atoms with Crippen LogP contribution in [0.4, 0.5) is 0 Å². The minimum Gasteiger partial charge on any atom is -0.342 e. The predicted molar refractivity (Wildman–Crippen MR) is 144 cm³/mol. The fraction of sp³-hybridized carbons (Fsp3) is 0.931. The van der Waals surface area contributed by atoms with E-state index in [9.17, 15) is 9.59 Å². The van der Waals surface area contributed by atoms with Gasteiger partial charge in [-0.3, -0.25) is 9.59 Å². The number of nitrogens with zero attached hydrogens (tertiary/aromatic N) is 2. The monoisotopic (exact) mass is 466 g/mol. The van der Waals surface area contributed by atoms with Gasteiger partial charge in [0.25, 0.3) is 0 Å². The van der Waals surface area contributed by atoms with E-state index in [0.29, 0.717) is 0 Å². The van der Waals surface area contributed by atoms with Crippen LogP contribution in [0.5, 0.6) is 0 Å². The van der Waals surface area contributed by atoms with Crippen molar-refractivity contribution in [1.82, 2.24) is 9.80 Å². The molecule has 2 amide bonds. The average Bonchev–Trinajstić information content (AvgIpc) is 2.81. The lowest BCUT2D eigenvalue weighted by molar-refractivity contribution is -0.154. The second kappa shape index (κ2) is 20.3. The molecule has 33 heavy (non-hydrogen) atoms. The number of hydrogen-bond acceptors (Lipinski definition) is 2. The first-order valence-electron chi connectivity index (χ1n) is 14.4. The van der Waals surface area contributed by atoms with Crippen LogP contribution in [0.15, 0.2) is 0 Å². The summed E-state index contributed by atoms with van der Waals surface area (Å²) in [5.74, 6) is 0.0697. The summed E-state index contributed by atoms with van der Waals surface area (Å²) in [5, 5.41) is 0. The molecule has 0 aromatic heterocycles. The van der Waals surface area contributed by atoms with E-state index >= 15 is 0 Å². The highest BCUT2D eigenvalue weighted by Gasteiger charge is 2.41. The Morgan fingerprint density at radius 1 is 0.455 bits per heavy atom. The standard InChI is InChI=1S/C29H58N2O2/c1-7-11-15-19-23-30(24-20-16-12-8-2)27(32)29(5,6)28(33)31(25-21-17-13-9-3)26-22-18-14-10-4/h7-26H2,1-6H3. The Hall–Kier alpha value is -1.06. The van der Waals surface area contributed by atoms with Crippen molar-refractivity contribution in [1.29, 1.82) is 0 Å². The Labute approximate surface area is 207 Å². The fourth-order valence-corrected chi connectivity index (χ4v) is 4.43. The summed E-state index contributed by atoms with van der Waals surface area (Å²) in [7, 11) is 0. The molecule has 0 fully saturated rings. The zero-order chi connectivity index (χ0) is 25.0. The zero-order valence-electron chi connectivity index (χ0n) is 23.4. The van der Waals surface area contributed by atoms with Gasteiger partial charge in [0.05, 0.1) is 0 Å². The number of unbranched alkanes of at least 4 members (excludes halogenated alkanes) is 12. The first-order valence-corrected chi connectivity index (χ1v) is 14.4. The lowest BCUT2D eigenvalue weighted by Crippen LogP contribution is -2.51. The van der Waals surface area contributed by atoms with Crippen LogP contribution in [-0.4, -0.2) is 47.8 Å². The Bertz CT molecular complexity index is 424. The molecule has 196 valence electrons. The molecule has 0 spiro atoms. The fourth-order valence-electron chi connectivity index (χ4n) is 4.43. The van der Waals surface area contributed by atoms with E-state index in [1.54, 1.807) is 0 Å². The first-order chi connectivity index (χ1) is 15.9. The molecule has 4 nitrogen and oxygen atoms in total. The summed E-state index contributed by atoms with van der Waals surface area (Å²) in [6.45, 7) is 15.7. The van der Waals surface area contributed by atoms with E-state index in [-0.39, 0.29) is 11.8 Å². The number of rotatable bonds is 22. The molecule has 0 bridgehead atoms. The van der Waals surface area contributed by atoms with Gasteiger partial charge in [0, 0.05) is 26.2 Å². The minimum atomic E-state index is -0.981. The molecular weight excluding hydrogens is 408 g/mol. The highest BCUT2D eigenvalue weighted by Crippen LogP contribution is 2.25. The molecule has 0 rings (SSSR count). The summed E-state index contributed by atoms with van der Waals surface area (Å²) in [5.41, 5.74) is -0.981. The highest BCUT2D eigenvalue weighted by atomic mass is 16.2. The number of carbonyl (C=O) groups is 2. The summed E-state index contributed by atoms with van der Waals surface area (Å²) in [6, 6.07) is 0. The van der Waals surface area contributed by atoms with Gasteiger partial charge in [0.15, 0.2) is 0 Å². The van der Waals surface area contributed by atoms with Crippen molar-refractivity contribution in [2.45, 2.75) is 144 Å². The third-order valence-corrected chi connectivity index (χ3v) is 6.77. The van der Waals surface area contributed by atoms with Crippen molar-refractivity contribution in [3.63, 3.8) is 0 Å². The van der Waals surface area contributed by atoms with Crippen LogP contribution in [0.3, 0.4) is 0 Å². The lowest BCUT2D eigenvalue weighted by atomic mass is 9.88. The highest BCUT2D eigenvalue weighted by molar-refractivity contribution is 6.04. The molecule has 0 saturated carbocycles. The van der Waals surface area contributed by atoms with E-state index in [4.69, 9.17) is 0 Å². The molecule has 0 atom stereocenters. The number of amides is 2. The third-order valence-electron chi connectivity index (χ3n) is 6.77. The van der Waals surface area contributed by atoms with Crippen molar-refractivity contribution < 1.29 is 9.59 Å². The molecule has 0 N–H and O–H groups in total. The lowest BCUT2D eigenvalue weighted by Gasteiger charge is -2.35. The van der Waals surface area contributed by atoms with Gasteiger partial charge in [-0.1, -0.05) is 105 Å². The van der Waals surface area contributed by atoms with Crippen LogP contribution in [0.2, 0.25) is 0 Å². The maximum absolute atomic E-state index is 13.7. The molecule has 0 heterocycles. The molecule has 0 radical (unpaired) electrons. The van der Waals surface area contributed by atoms with E-state index in [1.165, 1.54) is 51.4 Å². The van der Waals surface area contributed by atoms with Gasteiger partial charge in [0.1, 0.15) is 5.41 Å². The Morgan fingerprint density at radius 2 is 0.697 bits per heavy atom. The molecule has 0 saturated heterocycles. The van der Waals surface area contributed by atoms with Gasteiger partial charge < -0.3 is 9.80 Å². The van der Waals surface area contributed by atoms with Gasteiger partial charge in [-0.2, -0.15) is 0 Å². The van der Waals surface area contributed by atoms with Crippen LogP contribution in [0, 0.1) is 5.41 Å². The van der Waals surface area contributed by atoms with Crippen molar-refractivity contribution >= 4 is 11.8 Å². The number of hydrogen-bond donors (Lipinski definition) is 0. The maximum Gasteiger partial charge on any atom is 0.237 e. The quantitative estimate of drug-likeness (QED) is 0.120.